The Morgan fingerprint density at radius 1 is 1.17 bits per heavy atom. The lowest BCUT2D eigenvalue weighted by atomic mass is 10.1. The molecule has 0 aromatic heterocycles. The van der Waals surface area contributed by atoms with Gasteiger partial charge in [0.2, 0.25) is 0 Å². The Hall–Kier alpha value is -0.720. The maximum atomic E-state index is 5.01. The topological polar surface area (TPSA) is 9.23 Å². The fourth-order valence-electron chi connectivity index (χ4n) is 1.05. The Balaban J connectivity index is 2.86. The molecule has 0 aromatic rings. The molecule has 1 heteroatoms. The molecule has 0 radical (unpaired) electrons. The average Bonchev–Trinajstić information content (AvgIpc) is 2.10. The van der Waals surface area contributed by atoms with Crippen LogP contribution in [0.4, 0.5) is 0 Å². The highest BCUT2D eigenvalue weighted by atomic mass is 16.5. The molecule has 0 saturated heterocycles. The average molecular weight is 168 g/mol. The second-order valence-electron chi connectivity index (χ2n) is 2.81. The Bertz CT molecular complexity index is 116. The number of allylic oxidation sites excluding steroid dienone is 2. The van der Waals surface area contributed by atoms with Gasteiger partial charge in [0.25, 0.3) is 0 Å². The zero-order valence-electron chi connectivity index (χ0n) is 8.09. The highest BCUT2D eigenvalue weighted by Gasteiger charge is 1.87. The first kappa shape index (κ1) is 11.3. The van der Waals surface area contributed by atoms with Crippen molar-refractivity contribution in [2.75, 3.05) is 6.61 Å². The van der Waals surface area contributed by atoms with E-state index in [4.69, 9.17) is 4.74 Å². The fraction of sp³-hybridized carbons (Fsp3) is 0.636. The quantitative estimate of drug-likeness (QED) is 0.305. The first-order chi connectivity index (χ1) is 5.91. The van der Waals surface area contributed by atoms with E-state index in [0.29, 0.717) is 0 Å². The molecule has 0 aromatic carbocycles. The molecular formula is C11H20O. The summed E-state index contributed by atoms with van der Waals surface area (Å²) in [4.78, 5) is 0. The number of hydrogen-bond acceptors (Lipinski definition) is 1. The lowest BCUT2D eigenvalue weighted by Gasteiger charge is -1.99. The molecule has 70 valence electrons. The lowest BCUT2D eigenvalue weighted by Crippen LogP contribution is -1.86. The van der Waals surface area contributed by atoms with Gasteiger partial charge in [-0.2, -0.15) is 0 Å². The third-order valence-corrected chi connectivity index (χ3v) is 1.74. The molecule has 0 bridgehead atoms. The fourth-order valence-corrected chi connectivity index (χ4v) is 1.05. The highest BCUT2D eigenvalue weighted by molar-refractivity contribution is 4.76. The van der Waals surface area contributed by atoms with Crippen molar-refractivity contribution in [2.24, 2.45) is 0 Å². The summed E-state index contributed by atoms with van der Waals surface area (Å²) in [5.74, 6) is 0. The van der Waals surface area contributed by atoms with Gasteiger partial charge in [-0.05, 0) is 26.2 Å². The first-order valence-electron chi connectivity index (χ1n) is 4.75. The summed E-state index contributed by atoms with van der Waals surface area (Å²) in [6.45, 7) is 6.38. The minimum absolute atomic E-state index is 0.827. The van der Waals surface area contributed by atoms with E-state index < -0.39 is 0 Å². The van der Waals surface area contributed by atoms with Crippen molar-refractivity contribution in [3.8, 4) is 0 Å². The van der Waals surface area contributed by atoms with Crippen LogP contribution in [-0.4, -0.2) is 6.61 Å². The zero-order valence-corrected chi connectivity index (χ0v) is 8.09. The van der Waals surface area contributed by atoms with Crippen LogP contribution in [0.3, 0.4) is 0 Å². The molecule has 0 aliphatic heterocycles. The van der Waals surface area contributed by atoms with Gasteiger partial charge < -0.3 is 4.74 Å². The van der Waals surface area contributed by atoms with Gasteiger partial charge in [0.1, 0.15) is 0 Å². The molecular weight excluding hydrogens is 148 g/mol. The normalized spacial score (nSPS) is 10.4. The van der Waals surface area contributed by atoms with Gasteiger partial charge in [-0.1, -0.05) is 31.6 Å². The summed E-state index contributed by atoms with van der Waals surface area (Å²) in [5.41, 5.74) is 0. The van der Waals surface area contributed by atoms with Crippen molar-refractivity contribution in [1.82, 2.24) is 0 Å². The molecule has 0 N–H and O–H groups in total. The van der Waals surface area contributed by atoms with E-state index in [1.54, 1.807) is 0 Å². The number of ether oxygens (including phenoxy) is 1. The molecule has 0 aliphatic carbocycles. The summed E-state index contributed by atoms with van der Waals surface area (Å²) < 4.78 is 5.01. The van der Waals surface area contributed by atoms with Crippen LogP contribution in [0.25, 0.3) is 0 Å². The Labute approximate surface area is 76.1 Å². The smallest absolute Gasteiger partial charge is 0.0873 e. The minimum atomic E-state index is 0.827. The molecule has 12 heavy (non-hydrogen) atoms. The standard InChI is InChI=1S/C11H20O/c1-3-5-6-7-8-9-10-11-12-4-2/h3-5H,2,6-11H2,1H3. The van der Waals surface area contributed by atoms with E-state index in [1.807, 2.05) is 0 Å². The lowest BCUT2D eigenvalue weighted by molar-refractivity contribution is 0.242. The Kier molecular flexibility index (Phi) is 9.66. The van der Waals surface area contributed by atoms with E-state index in [1.165, 1.54) is 31.9 Å². The maximum Gasteiger partial charge on any atom is 0.0873 e. The van der Waals surface area contributed by atoms with Crippen LogP contribution in [0.5, 0.6) is 0 Å². The van der Waals surface area contributed by atoms with E-state index in [2.05, 4.69) is 25.7 Å². The SMILES string of the molecule is C=COCCCCCCC=CC. The first-order valence-corrected chi connectivity index (χ1v) is 4.75. The Morgan fingerprint density at radius 2 is 1.92 bits per heavy atom. The predicted molar refractivity (Wildman–Crippen MR) is 54.0 cm³/mol. The van der Waals surface area contributed by atoms with Crippen molar-refractivity contribution in [1.29, 1.82) is 0 Å². The van der Waals surface area contributed by atoms with Crippen LogP contribution < -0.4 is 0 Å². The van der Waals surface area contributed by atoms with Crippen LogP contribution in [0, 0.1) is 0 Å². The Morgan fingerprint density at radius 3 is 2.58 bits per heavy atom. The van der Waals surface area contributed by atoms with Crippen molar-refractivity contribution < 1.29 is 4.74 Å². The maximum absolute atomic E-state index is 5.01. The molecule has 1 nitrogen and oxygen atoms in total. The van der Waals surface area contributed by atoms with Gasteiger partial charge >= 0.3 is 0 Å². The van der Waals surface area contributed by atoms with Crippen LogP contribution in [0.2, 0.25) is 0 Å². The van der Waals surface area contributed by atoms with Crippen LogP contribution >= 0.6 is 0 Å². The van der Waals surface area contributed by atoms with Crippen molar-refractivity contribution in [3.63, 3.8) is 0 Å². The van der Waals surface area contributed by atoms with E-state index in [9.17, 15) is 0 Å². The van der Waals surface area contributed by atoms with Crippen molar-refractivity contribution in [2.45, 2.75) is 39.0 Å². The van der Waals surface area contributed by atoms with Gasteiger partial charge in [-0.15, -0.1) is 0 Å². The third-order valence-electron chi connectivity index (χ3n) is 1.74. The molecule has 0 amide bonds. The van der Waals surface area contributed by atoms with Crippen molar-refractivity contribution >= 4 is 0 Å². The summed E-state index contributed by atoms with van der Waals surface area (Å²) in [7, 11) is 0. The number of unbranched alkanes of at least 4 members (excludes halogenated alkanes) is 4. The molecule has 0 atom stereocenters. The predicted octanol–water partition coefficient (Wildman–Crippen LogP) is 3.67. The molecule has 0 aliphatic rings. The van der Waals surface area contributed by atoms with Gasteiger partial charge in [0, 0.05) is 0 Å². The van der Waals surface area contributed by atoms with E-state index in [0.717, 1.165) is 13.0 Å². The second kappa shape index (κ2) is 10.3. The van der Waals surface area contributed by atoms with Crippen LogP contribution in [0.1, 0.15) is 39.0 Å². The molecule has 0 rings (SSSR count). The van der Waals surface area contributed by atoms with Gasteiger partial charge in [0.15, 0.2) is 0 Å². The number of hydrogen-bond donors (Lipinski definition) is 0. The minimum Gasteiger partial charge on any atom is -0.502 e. The van der Waals surface area contributed by atoms with Gasteiger partial charge in [0.05, 0.1) is 12.9 Å². The van der Waals surface area contributed by atoms with Crippen molar-refractivity contribution in [3.05, 3.63) is 25.0 Å². The largest absolute Gasteiger partial charge is 0.502 e. The summed E-state index contributed by atoms with van der Waals surface area (Å²) >= 11 is 0. The molecule has 0 fully saturated rings. The number of rotatable bonds is 8. The van der Waals surface area contributed by atoms with E-state index >= 15 is 0 Å². The zero-order chi connectivity index (χ0) is 9.07. The molecule has 0 heterocycles. The summed E-state index contributed by atoms with van der Waals surface area (Å²) in [5, 5.41) is 0. The monoisotopic (exact) mass is 168 g/mol. The highest BCUT2D eigenvalue weighted by Crippen LogP contribution is 2.03. The molecule has 0 unspecified atom stereocenters. The van der Waals surface area contributed by atoms with E-state index in [-0.39, 0.29) is 0 Å². The van der Waals surface area contributed by atoms with Gasteiger partial charge in [-0.3, -0.25) is 0 Å². The molecule has 0 saturated carbocycles. The second-order valence-corrected chi connectivity index (χ2v) is 2.81. The van der Waals surface area contributed by atoms with Crippen LogP contribution in [0.15, 0.2) is 25.0 Å². The van der Waals surface area contributed by atoms with Crippen LogP contribution in [-0.2, 0) is 4.74 Å². The molecule has 0 spiro atoms. The summed E-state index contributed by atoms with van der Waals surface area (Å²) in [6.07, 6.45) is 12.1. The van der Waals surface area contributed by atoms with Gasteiger partial charge in [-0.25, -0.2) is 0 Å². The summed E-state index contributed by atoms with van der Waals surface area (Å²) in [6, 6.07) is 0. The third kappa shape index (κ3) is 9.28.